The lowest BCUT2D eigenvalue weighted by Gasteiger charge is -2.37. The summed E-state index contributed by atoms with van der Waals surface area (Å²) in [5.74, 6) is 2.40. The largest absolute Gasteiger partial charge is 0.372 e. The normalized spacial score (nSPS) is 26.9. The van der Waals surface area contributed by atoms with E-state index in [1.807, 2.05) is 7.05 Å². The molecule has 1 saturated carbocycles. The molecular formula is C15H21N3OS. The Morgan fingerprint density at radius 2 is 2.30 bits per heavy atom. The Hall–Kier alpha value is -1.20. The van der Waals surface area contributed by atoms with E-state index in [0.717, 1.165) is 34.7 Å². The van der Waals surface area contributed by atoms with Gasteiger partial charge in [0.1, 0.15) is 16.2 Å². The fourth-order valence-electron chi connectivity index (χ4n) is 3.23. The van der Waals surface area contributed by atoms with Gasteiger partial charge in [-0.3, -0.25) is 0 Å². The van der Waals surface area contributed by atoms with Crippen molar-refractivity contribution in [1.82, 2.24) is 9.97 Å². The van der Waals surface area contributed by atoms with E-state index in [4.69, 9.17) is 14.7 Å². The van der Waals surface area contributed by atoms with E-state index >= 15 is 0 Å². The molecule has 5 heteroatoms. The summed E-state index contributed by atoms with van der Waals surface area (Å²) in [5, 5.41) is 6.34. The summed E-state index contributed by atoms with van der Waals surface area (Å²) in [6.45, 7) is 2.29. The van der Waals surface area contributed by atoms with Gasteiger partial charge < -0.3 is 10.1 Å². The maximum atomic E-state index is 5.91. The van der Waals surface area contributed by atoms with Gasteiger partial charge in [0.05, 0.1) is 5.39 Å². The van der Waals surface area contributed by atoms with Crippen molar-refractivity contribution in [2.45, 2.75) is 38.2 Å². The van der Waals surface area contributed by atoms with E-state index < -0.39 is 0 Å². The van der Waals surface area contributed by atoms with Gasteiger partial charge in [-0.05, 0) is 36.6 Å². The summed E-state index contributed by atoms with van der Waals surface area (Å²) >= 11 is 1.66. The number of methoxy groups -OCH3 is 1. The standard InChI is InChI=1S/C15H21N3OS/c1-10-5-4-7-15(9-10,19-3)14-17-12(16-2)11-6-8-20-13(11)18-14/h6,8,10H,4-5,7,9H2,1-3H3,(H,16,17,18). The first-order valence-corrected chi connectivity index (χ1v) is 8.05. The molecule has 1 fully saturated rings. The summed E-state index contributed by atoms with van der Waals surface area (Å²) in [4.78, 5) is 10.6. The first-order chi connectivity index (χ1) is 9.68. The third-order valence-electron chi connectivity index (χ3n) is 4.32. The quantitative estimate of drug-likeness (QED) is 0.934. The minimum Gasteiger partial charge on any atom is -0.372 e. The van der Waals surface area contributed by atoms with Crippen LogP contribution in [0, 0.1) is 5.92 Å². The molecule has 20 heavy (non-hydrogen) atoms. The third-order valence-corrected chi connectivity index (χ3v) is 5.12. The molecule has 2 aromatic heterocycles. The van der Waals surface area contributed by atoms with Gasteiger partial charge in [-0.25, -0.2) is 9.97 Å². The van der Waals surface area contributed by atoms with Crippen molar-refractivity contribution < 1.29 is 4.74 Å². The highest BCUT2D eigenvalue weighted by Gasteiger charge is 2.39. The average molecular weight is 291 g/mol. The fourth-order valence-corrected chi connectivity index (χ4v) is 4.00. The Kier molecular flexibility index (Phi) is 3.65. The van der Waals surface area contributed by atoms with Crippen LogP contribution < -0.4 is 5.32 Å². The maximum Gasteiger partial charge on any atom is 0.164 e. The Bertz CT molecular complexity index is 612. The van der Waals surface area contributed by atoms with Gasteiger partial charge in [0.2, 0.25) is 0 Å². The molecule has 1 N–H and O–H groups in total. The lowest BCUT2D eigenvalue weighted by atomic mass is 9.78. The summed E-state index contributed by atoms with van der Waals surface area (Å²) in [5.41, 5.74) is -0.318. The van der Waals surface area contributed by atoms with Gasteiger partial charge in [0.25, 0.3) is 0 Å². The molecule has 0 bridgehead atoms. The molecule has 3 rings (SSSR count). The van der Waals surface area contributed by atoms with Crippen LogP contribution in [0.15, 0.2) is 11.4 Å². The molecule has 1 aliphatic rings. The minimum absolute atomic E-state index is 0.318. The van der Waals surface area contributed by atoms with Gasteiger partial charge in [0.15, 0.2) is 5.82 Å². The molecule has 108 valence electrons. The Balaban J connectivity index is 2.11. The molecule has 0 spiro atoms. The van der Waals surface area contributed by atoms with Crippen molar-refractivity contribution in [2.24, 2.45) is 5.92 Å². The second-order valence-electron chi connectivity index (χ2n) is 5.69. The average Bonchev–Trinajstić information content (AvgIpc) is 2.94. The lowest BCUT2D eigenvalue weighted by molar-refractivity contribution is -0.0642. The van der Waals surface area contributed by atoms with E-state index in [-0.39, 0.29) is 5.60 Å². The minimum atomic E-state index is -0.318. The number of fused-ring (bicyclic) bond motifs is 1. The summed E-state index contributed by atoms with van der Waals surface area (Å²) in [6, 6.07) is 2.07. The van der Waals surface area contributed by atoms with Crippen molar-refractivity contribution in [3.8, 4) is 0 Å². The third kappa shape index (κ3) is 2.19. The van der Waals surface area contributed by atoms with Crippen LogP contribution in [0.1, 0.15) is 38.4 Å². The molecule has 2 heterocycles. The maximum absolute atomic E-state index is 5.91. The van der Waals surface area contributed by atoms with Crippen LogP contribution in [0.4, 0.5) is 5.82 Å². The number of thiophene rings is 1. The zero-order valence-electron chi connectivity index (χ0n) is 12.3. The van der Waals surface area contributed by atoms with E-state index in [1.165, 1.54) is 12.8 Å². The SMILES string of the molecule is CNc1nc(C2(OC)CCCC(C)C2)nc2sccc12. The second kappa shape index (κ2) is 5.30. The highest BCUT2D eigenvalue weighted by molar-refractivity contribution is 7.16. The van der Waals surface area contributed by atoms with Crippen LogP contribution in [0.5, 0.6) is 0 Å². The van der Waals surface area contributed by atoms with Crippen LogP contribution in [-0.4, -0.2) is 24.1 Å². The molecule has 2 unspecified atom stereocenters. The Morgan fingerprint density at radius 1 is 1.45 bits per heavy atom. The molecule has 0 radical (unpaired) electrons. The molecule has 0 aliphatic heterocycles. The first kappa shape index (κ1) is 13.8. The number of ether oxygens (including phenoxy) is 1. The molecule has 1 aliphatic carbocycles. The van der Waals surface area contributed by atoms with E-state index in [1.54, 1.807) is 18.4 Å². The van der Waals surface area contributed by atoms with Crippen LogP contribution >= 0.6 is 11.3 Å². The number of nitrogens with zero attached hydrogens (tertiary/aromatic N) is 2. The number of rotatable bonds is 3. The first-order valence-electron chi connectivity index (χ1n) is 7.17. The number of nitrogens with one attached hydrogen (secondary N) is 1. The van der Waals surface area contributed by atoms with Gasteiger partial charge in [-0.2, -0.15) is 0 Å². The van der Waals surface area contributed by atoms with Crippen molar-refractivity contribution in [3.63, 3.8) is 0 Å². The van der Waals surface area contributed by atoms with Gasteiger partial charge in [-0.1, -0.05) is 13.3 Å². The number of anilines is 1. The number of aromatic nitrogens is 2. The van der Waals surface area contributed by atoms with Gasteiger partial charge in [-0.15, -0.1) is 11.3 Å². The highest BCUT2D eigenvalue weighted by atomic mass is 32.1. The van der Waals surface area contributed by atoms with Crippen LogP contribution in [0.2, 0.25) is 0 Å². The van der Waals surface area contributed by atoms with Crippen molar-refractivity contribution in [3.05, 3.63) is 17.3 Å². The summed E-state index contributed by atoms with van der Waals surface area (Å²) in [7, 11) is 3.70. The monoisotopic (exact) mass is 291 g/mol. The predicted molar refractivity (Wildman–Crippen MR) is 83.3 cm³/mol. The topological polar surface area (TPSA) is 47.0 Å². The molecular weight excluding hydrogens is 270 g/mol. The van der Waals surface area contributed by atoms with E-state index in [0.29, 0.717) is 5.92 Å². The zero-order chi connectivity index (χ0) is 14.2. The zero-order valence-corrected chi connectivity index (χ0v) is 13.1. The highest BCUT2D eigenvalue weighted by Crippen LogP contribution is 2.42. The Morgan fingerprint density at radius 3 is 3.00 bits per heavy atom. The molecule has 2 atom stereocenters. The molecule has 4 nitrogen and oxygen atoms in total. The molecule has 0 saturated heterocycles. The molecule has 0 amide bonds. The fraction of sp³-hybridized carbons (Fsp3) is 0.600. The van der Waals surface area contributed by atoms with E-state index in [9.17, 15) is 0 Å². The van der Waals surface area contributed by atoms with Crippen LogP contribution in [0.25, 0.3) is 10.2 Å². The van der Waals surface area contributed by atoms with Crippen molar-refractivity contribution >= 4 is 27.4 Å². The second-order valence-corrected chi connectivity index (χ2v) is 6.58. The number of hydrogen-bond acceptors (Lipinski definition) is 5. The van der Waals surface area contributed by atoms with Crippen molar-refractivity contribution in [1.29, 1.82) is 0 Å². The smallest absolute Gasteiger partial charge is 0.164 e. The summed E-state index contributed by atoms with van der Waals surface area (Å²) < 4.78 is 5.91. The molecule has 0 aromatic carbocycles. The van der Waals surface area contributed by atoms with E-state index in [2.05, 4.69) is 23.7 Å². The summed E-state index contributed by atoms with van der Waals surface area (Å²) in [6.07, 6.45) is 4.46. The Labute approximate surface area is 123 Å². The number of hydrogen-bond donors (Lipinski definition) is 1. The van der Waals surface area contributed by atoms with Gasteiger partial charge in [0, 0.05) is 14.2 Å². The van der Waals surface area contributed by atoms with Gasteiger partial charge >= 0.3 is 0 Å². The van der Waals surface area contributed by atoms with Crippen LogP contribution in [-0.2, 0) is 10.3 Å². The lowest BCUT2D eigenvalue weighted by Crippen LogP contribution is -2.36. The predicted octanol–water partition coefficient (Wildman–Crippen LogP) is 3.78. The molecule has 2 aromatic rings. The van der Waals surface area contributed by atoms with Crippen molar-refractivity contribution in [2.75, 3.05) is 19.5 Å². The van der Waals surface area contributed by atoms with Crippen LogP contribution in [0.3, 0.4) is 0 Å².